The molecule has 0 saturated carbocycles. The van der Waals surface area contributed by atoms with Gasteiger partial charge in [0, 0.05) is 6.20 Å². The molecule has 3 heteroatoms. The molecule has 80 valence electrons. The molecule has 0 unspecified atom stereocenters. The molecule has 0 radical (unpaired) electrons. The predicted octanol–water partition coefficient (Wildman–Crippen LogP) is 3.04. The Hall–Kier alpha value is -1.38. The highest BCUT2D eigenvalue weighted by Crippen LogP contribution is 2.31. The zero-order valence-corrected chi connectivity index (χ0v) is 9.54. The van der Waals surface area contributed by atoms with Gasteiger partial charge in [-0.15, -0.1) is 0 Å². The molecule has 15 heavy (non-hydrogen) atoms. The molecule has 0 spiro atoms. The van der Waals surface area contributed by atoms with Gasteiger partial charge in [0.2, 0.25) is 0 Å². The predicted molar refractivity (Wildman–Crippen MR) is 61.8 cm³/mol. The first kappa shape index (κ1) is 10.1. The summed E-state index contributed by atoms with van der Waals surface area (Å²) in [4.78, 5) is 11.6. The lowest BCUT2D eigenvalue weighted by molar-refractivity contribution is 0.476. The lowest BCUT2D eigenvalue weighted by Crippen LogP contribution is -2.17. The second kappa shape index (κ2) is 3.65. The van der Waals surface area contributed by atoms with Gasteiger partial charge in [-0.3, -0.25) is 0 Å². The molecule has 0 aliphatic rings. The number of nitrogens with zero attached hydrogens (tertiary/aromatic N) is 2. The molecule has 0 aliphatic heterocycles. The number of H-pyrrole nitrogens is 1. The Bertz CT molecular complexity index is 457. The summed E-state index contributed by atoms with van der Waals surface area (Å²) in [5.74, 6) is 0. The van der Waals surface area contributed by atoms with E-state index in [4.69, 9.17) is 0 Å². The molecular weight excluding hydrogens is 186 g/mol. The fourth-order valence-electron chi connectivity index (χ4n) is 2.17. The van der Waals surface area contributed by atoms with Gasteiger partial charge in [0.05, 0.1) is 11.8 Å². The van der Waals surface area contributed by atoms with Crippen molar-refractivity contribution >= 4 is 11.2 Å². The molecule has 0 aromatic carbocycles. The first-order valence-electron chi connectivity index (χ1n) is 5.43. The van der Waals surface area contributed by atoms with E-state index in [0.717, 1.165) is 11.2 Å². The van der Waals surface area contributed by atoms with Crippen LogP contribution in [-0.2, 0) is 5.41 Å². The van der Waals surface area contributed by atoms with E-state index in [2.05, 4.69) is 41.8 Å². The lowest BCUT2D eigenvalue weighted by atomic mass is 9.80. The summed E-state index contributed by atoms with van der Waals surface area (Å²) in [5.41, 5.74) is 3.39. The van der Waals surface area contributed by atoms with Crippen molar-refractivity contribution < 1.29 is 0 Å². The van der Waals surface area contributed by atoms with Crippen molar-refractivity contribution in [3.05, 3.63) is 24.2 Å². The zero-order valence-electron chi connectivity index (χ0n) is 9.54. The molecule has 2 heterocycles. The third-order valence-corrected chi connectivity index (χ3v) is 2.93. The molecule has 3 nitrogen and oxygen atoms in total. The summed E-state index contributed by atoms with van der Waals surface area (Å²) in [6.07, 6.45) is 5.91. The number of nitrogens with one attached hydrogen (secondary N) is 1. The van der Waals surface area contributed by atoms with Gasteiger partial charge in [-0.1, -0.05) is 27.2 Å². The topological polar surface area (TPSA) is 41.6 Å². The number of hydrogen-bond acceptors (Lipinski definition) is 2. The Morgan fingerprint density at radius 3 is 2.87 bits per heavy atom. The van der Waals surface area contributed by atoms with Gasteiger partial charge in [-0.05, 0) is 23.5 Å². The Morgan fingerprint density at radius 1 is 1.33 bits per heavy atom. The average molecular weight is 203 g/mol. The van der Waals surface area contributed by atoms with Crippen LogP contribution in [0.1, 0.15) is 39.2 Å². The Morgan fingerprint density at radius 2 is 2.13 bits per heavy atom. The smallest absolute Gasteiger partial charge is 0.177 e. The Labute approximate surface area is 90.0 Å². The average Bonchev–Trinajstić information content (AvgIpc) is 2.64. The van der Waals surface area contributed by atoms with Crippen LogP contribution in [0.2, 0.25) is 0 Å². The van der Waals surface area contributed by atoms with Crippen LogP contribution in [0, 0.1) is 0 Å². The SMILES string of the molecule is CCCC(C)(C)c1ccnc2nc[nH]c12. The molecule has 0 amide bonds. The van der Waals surface area contributed by atoms with Gasteiger partial charge >= 0.3 is 0 Å². The summed E-state index contributed by atoms with van der Waals surface area (Å²) >= 11 is 0. The Balaban J connectivity index is 2.55. The van der Waals surface area contributed by atoms with Crippen molar-refractivity contribution in [3.63, 3.8) is 0 Å². The maximum atomic E-state index is 4.23. The van der Waals surface area contributed by atoms with Crippen LogP contribution in [0.25, 0.3) is 11.2 Å². The van der Waals surface area contributed by atoms with Gasteiger partial charge in [-0.2, -0.15) is 0 Å². The highest BCUT2D eigenvalue weighted by molar-refractivity contribution is 5.75. The van der Waals surface area contributed by atoms with Gasteiger partial charge in [-0.25, -0.2) is 9.97 Å². The third kappa shape index (κ3) is 1.74. The number of aromatic amines is 1. The highest BCUT2D eigenvalue weighted by atomic mass is 14.9. The van der Waals surface area contributed by atoms with Crippen LogP contribution >= 0.6 is 0 Å². The zero-order chi connectivity index (χ0) is 10.9. The second-order valence-electron chi connectivity index (χ2n) is 4.59. The van der Waals surface area contributed by atoms with Gasteiger partial charge in [0.25, 0.3) is 0 Å². The third-order valence-electron chi connectivity index (χ3n) is 2.93. The molecule has 1 N–H and O–H groups in total. The van der Waals surface area contributed by atoms with Crippen LogP contribution in [0.15, 0.2) is 18.6 Å². The normalized spacial score (nSPS) is 12.2. The van der Waals surface area contributed by atoms with Crippen molar-refractivity contribution in [1.82, 2.24) is 15.0 Å². The minimum atomic E-state index is 0.183. The largest absolute Gasteiger partial charge is 0.343 e. The minimum absolute atomic E-state index is 0.183. The number of imidazole rings is 1. The van der Waals surface area contributed by atoms with Crippen molar-refractivity contribution in [1.29, 1.82) is 0 Å². The minimum Gasteiger partial charge on any atom is -0.343 e. The van der Waals surface area contributed by atoms with E-state index < -0.39 is 0 Å². The van der Waals surface area contributed by atoms with Crippen molar-refractivity contribution in [2.45, 2.75) is 39.0 Å². The maximum absolute atomic E-state index is 4.23. The molecular formula is C12H17N3. The summed E-state index contributed by atoms with van der Waals surface area (Å²) in [6, 6.07) is 2.09. The molecule has 2 aromatic heterocycles. The van der Waals surface area contributed by atoms with E-state index in [1.54, 1.807) is 6.33 Å². The molecule has 0 fully saturated rings. The van der Waals surface area contributed by atoms with E-state index in [9.17, 15) is 0 Å². The van der Waals surface area contributed by atoms with Crippen molar-refractivity contribution in [2.24, 2.45) is 0 Å². The van der Waals surface area contributed by atoms with Crippen LogP contribution < -0.4 is 0 Å². The standard InChI is InChI=1S/C12H17N3/c1-4-6-12(2,3)9-5-7-13-11-10(9)14-8-15-11/h5,7-8H,4,6H2,1-3H3,(H,13,14,15). The van der Waals surface area contributed by atoms with Crippen molar-refractivity contribution in [3.8, 4) is 0 Å². The summed E-state index contributed by atoms with van der Waals surface area (Å²) in [6.45, 7) is 6.76. The van der Waals surface area contributed by atoms with Crippen LogP contribution in [0.4, 0.5) is 0 Å². The van der Waals surface area contributed by atoms with E-state index in [-0.39, 0.29) is 5.41 Å². The fourth-order valence-corrected chi connectivity index (χ4v) is 2.17. The first-order chi connectivity index (χ1) is 7.15. The molecule has 2 aromatic rings. The van der Waals surface area contributed by atoms with E-state index in [1.165, 1.54) is 18.4 Å². The van der Waals surface area contributed by atoms with Crippen LogP contribution in [0.5, 0.6) is 0 Å². The number of pyridine rings is 1. The molecule has 2 rings (SSSR count). The molecule has 0 aliphatic carbocycles. The van der Waals surface area contributed by atoms with E-state index >= 15 is 0 Å². The van der Waals surface area contributed by atoms with Gasteiger partial charge < -0.3 is 4.98 Å². The summed E-state index contributed by atoms with van der Waals surface area (Å²) in [7, 11) is 0. The van der Waals surface area contributed by atoms with E-state index in [1.807, 2.05) is 6.20 Å². The monoisotopic (exact) mass is 203 g/mol. The van der Waals surface area contributed by atoms with Gasteiger partial charge in [0.1, 0.15) is 0 Å². The lowest BCUT2D eigenvalue weighted by Gasteiger charge is -2.24. The molecule has 0 bridgehead atoms. The number of hydrogen-bond donors (Lipinski definition) is 1. The van der Waals surface area contributed by atoms with E-state index in [0.29, 0.717) is 0 Å². The number of aromatic nitrogens is 3. The quantitative estimate of drug-likeness (QED) is 0.833. The summed E-state index contributed by atoms with van der Waals surface area (Å²) < 4.78 is 0. The highest BCUT2D eigenvalue weighted by Gasteiger charge is 2.22. The number of rotatable bonds is 3. The van der Waals surface area contributed by atoms with Crippen molar-refractivity contribution in [2.75, 3.05) is 0 Å². The van der Waals surface area contributed by atoms with Crippen LogP contribution in [-0.4, -0.2) is 15.0 Å². The molecule has 0 saturated heterocycles. The fraction of sp³-hybridized carbons (Fsp3) is 0.500. The molecule has 0 atom stereocenters. The maximum Gasteiger partial charge on any atom is 0.177 e. The van der Waals surface area contributed by atoms with Gasteiger partial charge in [0.15, 0.2) is 5.65 Å². The summed E-state index contributed by atoms with van der Waals surface area (Å²) in [5, 5.41) is 0. The second-order valence-corrected chi connectivity index (χ2v) is 4.59. The first-order valence-corrected chi connectivity index (χ1v) is 5.43. The number of fused-ring (bicyclic) bond motifs is 1. The van der Waals surface area contributed by atoms with Crippen LogP contribution in [0.3, 0.4) is 0 Å². The Kier molecular flexibility index (Phi) is 2.47.